The number of methoxy groups -OCH3 is 1. The van der Waals surface area contributed by atoms with Crippen LogP contribution in [0.2, 0.25) is 0 Å². The van der Waals surface area contributed by atoms with Crippen molar-refractivity contribution in [2.24, 2.45) is 11.8 Å². The van der Waals surface area contributed by atoms with Gasteiger partial charge in [-0.25, -0.2) is 0 Å². The molecule has 1 aromatic rings. The summed E-state index contributed by atoms with van der Waals surface area (Å²) in [4.78, 5) is 0. The molecule has 3 N–H and O–H groups in total. The highest BCUT2D eigenvalue weighted by Crippen LogP contribution is 2.33. The Bertz CT molecular complexity index is 394. The second kappa shape index (κ2) is 8.21. The third kappa shape index (κ3) is 3.93. The van der Waals surface area contributed by atoms with Gasteiger partial charge in [0.25, 0.3) is 0 Å². The first-order valence-electron chi connectivity index (χ1n) is 7.11. The second-order valence-corrected chi connectivity index (χ2v) is 5.00. The molecule has 1 aromatic carbocycles. The number of hydrogen-bond donors (Lipinski definition) is 2. The zero-order valence-electron chi connectivity index (χ0n) is 12.0. The van der Waals surface area contributed by atoms with E-state index in [0.29, 0.717) is 19.1 Å². The van der Waals surface area contributed by atoms with Crippen LogP contribution in [0.3, 0.4) is 0 Å². The van der Waals surface area contributed by atoms with E-state index in [9.17, 15) is 0 Å². The molecule has 0 radical (unpaired) electrons. The van der Waals surface area contributed by atoms with Crippen molar-refractivity contribution in [3.63, 3.8) is 0 Å². The van der Waals surface area contributed by atoms with Crippen molar-refractivity contribution < 1.29 is 14.2 Å². The van der Waals surface area contributed by atoms with Crippen LogP contribution in [-0.4, -0.2) is 33.5 Å². The molecule has 0 aliphatic carbocycles. The van der Waals surface area contributed by atoms with Crippen molar-refractivity contribution in [2.45, 2.75) is 18.9 Å². The lowest BCUT2D eigenvalue weighted by molar-refractivity contribution is 0.0384. The summed E-state index contributed by atoms with van der Waals surface area (Å²) in [6.07, 6.45) is 2.19. The van der Waals surface area contributed by atoms with Crippen LogP contribution >= 0.6 is 0 Å². The molecule has 0 bridgehead atoms. The van der Waals surface area contributed by atoms with E-state index >= 15 is 0 Å². The largest absolute Gasteiger partial charge is 0.491 e. The highest BCUT2D eigenvalue weighted by atomic mass is 16.5. The summed E-state index contributed by atoms with van der Waals surface area (Å²) in [5.41, 5.74) is 4.01. The SMILES string of the molecule is COCCOc1ccccc1C(NN)C1CCCOC1. The van der Waals surface area contributed by atoms with Gasteiger partial charge < -0.3 is 14.2 Å². The molecule has 2 atom stereocenters. The van der Waals surface area contributed by atoms with Crippen LogP contribution in [0.1, 0.15) is 24.4 Å². The maximum absolute atomic E-state index is 5.79. The second-order valence-electron chi connectivity index (χ2n) is 5.00. The van der Waals surface area contributed by atoms with E-state index in [2.05, 4.69) is 11.5 Å². The number of nitrogens with one attached hydrogen (secondary N) is 1. The van der Waals surface area contributed by atoms with Gasteiger partial charge in [-0.15, -0.1) is 0 Å². The molecule has 5 heteroatoms. The molecular weight excluding hydrogens is 256 g/mol. The highest BCUT2D eigenvalue weighted by Gasteiger charge is 2.26. The van der Waals surface area contributed by atoms with Gasteiger partial charge in [-0.1, -0.05) is 18.2 Å². The Labute approximate surface area is 120 Å². The van der Waals surface area contributed by atoms with E-state index in [1.165, 1.54) is 0 Å². The van der Waals surface area contributed by atoms with Crippen LogP contribution in [0.4, 0.5) is 0 Å². The van der Waals surface area contributed by atoms with E-state index in [-0.39, 0.29) is 6.04 Å². The Morgan fingerprint density at radius 3 is 2.95 bits per heavy atom. The molecule has 0 saturated carbocycles. The fourth-order valence-corrected chi connectivity index (χ4v) is 2.61. The number of nitrogens with two attached hydrogens (primary N) is 1. The van der Waals surface area contributed by atoms with Gasteiger partial charge in [0.1, 0.15) is 12.4 Å². The van der Waals surface area contributed by atoms with Crippen LogP contribution in [0, 0.1) is 5.92 Å². The highest BCUT2D eigenvalue weighted by molar-refractivity contribution is 5.36. The van der Waals surface area contributed by atoms with Crippen LogP contribution < -0.4 is 16.0 Å². The molecule has 20 heavy (non-hydrogen) atoms. The van der Waals surface area contributed by atoms with Crippen LogP contribution in [0.15, 0.2) is 24.3 Å². The lowest BCUT2D eigenvalue weighted by Gasteiger charge is -2.31. The van der Waals surface area contributed by atoms with Crippen molar-refractivity contribution in [1.29, 1.82) is 0 Å². The molecule has 1 aliphatic rings. The molecule has 112 valence electrons. The van der Waals surface area contributed by atoms with Crippen molar-refractivity contribution in [2.75, 3.05) is 33.5 Å². The third-order valence-electron chi connectivity index (χ3n) is 3.65. The van der Waals surface area contributed by atoms with Crippen LogP contribution in [0.25, 0.3) is 0 Å². The molecule has 0 spiro atoms. The number of benzene rings is 1. The molecule has 0 amide bonds. The van der Waals surface area contributed by atoms with E-state index in [0.717, 1.165) is 37.4 Å². The van der Waals surface area contributed by atoms with Gasteiger partial charge >= 0.3 is 0 Å². The zero-order chi connectivity index (χ0) is 14.2. The van der Waals surface area contributed by atoms with Gasteiger partial charge in [0, 0.05) is 25.2 Å². The average molecular weight is 280 g/mol. The smallest absolute Gasteiger partial charge is 0.124 e. The van der Waals surface area contributed by atoms with Gasteiger partial charge in [0.05, 0.1) is 19.3 Å². The fourth-order valence-electron chi connectivity index (χ4n) is 2.61. The van der Waals surface area contributed by atoms with Crippen molar-refractivity contribution in [1.82, 2.24) is 5.43 Å². The van der Waals surface area contributed by atoms with E-state index < -0.39 is 0 Å². The van der Waals surface area contributed by atoms with Crippen molar-refractivity contribution in [3.8, 4) is 5.75 Å². The Kier molecular flexibility index (Phi) is 6.26. The summed E-state index contributed by atoms with van der Waals surface area (Å²) in [5.74, 6) is 7.01. The third-order valence-corrected chi connectivity index (χ3v) is 3.65. The summed E-state index contributed by atoms with van der Waals surface area (Å²) < 4.78 is 16.4. The van der Waals surface area contributed by atoms with Crippen molar-refractivity contribution >= 4 is 0 Å². The Morgan fingerprint density at radius 2 is 2.25 bits per heavy atom. The number of ether oxygens (including phenoxy) is 3. The minimum Gasteiger partial charge on any atom is -0.491 e. The lowest BCUT2D eigenvalue weighted by atomic mass is 9.88. The quantitative estimate of drug-likeness (QED) is 0.451. The molecule has 1 saturated heterocycles. The molecule has 1 heterocycles. The number of hydrogen-bond acceptors (Lipinski definition) is 5. The summed E-state index contributed by atoms with van der Waals surface area (Å²) in [7, 11) is 1.67. The van der Waals surface area contributed by atoms with Gasteiger partial charge in [0.2, 0.25) is 0 Å². The Hall–Kier alpha value is -1.14. The van der Waals surface area contributed by atoms with Gasteiger partial charge in [0.15, 0.2) is 0 Å². The summed E-state index contributed by atoms with van der Waals surface area (Å²) in [6, 6.07) is 8.05. The Morgan fingerprint density at radius 1 is 1.40 bits per heavy atom. The average Bonchev–Trinajstić information content (AvgIpc) is 2.51. The van der Waals surface area contributed by atoms with Crippen molar-refractivity contribution in [3.05, 3.63) is 29.8 Å². The predicted molar refractivity (Wildman–Crippen MR) is 77.4 cm³/mol. The number of para-hydroxylation sites is 1. The molecule has 0 aromatic heterocycles. The monoisotopic (exact) mass is 280 g/mol. The van der Waals surface area contributed by atoms with E-state index in [1.54, 1.807) is 7.11 Å². The minimum atomic E-state index is 0.0500. The molecular formula is C15H24N2O3. The molecule has 2 rings (SSSR count). The first-order chi connectivity index (χ1) is 9.86. The summed E-state index contributed by atoms with van der Waals surface area (Å²) >= 11 is 0. The maximum atomic E-state index is 5.79. The topological polar surface area (TPSA) is 65.7 Å². The Balaban J connectivity index is 2.11. The first kappa shape index (κ1) is 15.3. The maximum Gasteiger partial charge on any atom is 0.124 e. The number of rotatable bonds is 7. The minimum absolute atomic E-state index is 0.0500. The summed E-state index contributed by atoms with van der Waals surface area (Å²) in [5, 5.41) is 0. The zero-order valence-corrected chi connectivity index (χ0v) is 12.0. The number of hydrazine groups is 1. The summed E-state index contributed by atoms with van der Waals surface area (Å²) in [6.45, 7) is 2.69. The standard InChI is InChI=1S/C15H24N2O3/c1-18-9-10-20-14-7-3-2-6-13(14)15(17-16)12-5-4-8-19-11-12/h2-3,6-7,12,15,17H,4-5,8-11,16H2,1H3. The van der Waals surface area contributed by atoms with Gasteiger partial charge in [-0.2, -0.15) is 0 Å². The van der Waals surface area contributed by atoms with E-state index in [1.807, 2.05) is 18.2 Å². The molecule has 1 fully saturated rings. The molecule has 5 nitrogen and oxygen atoms in total. The van der Waals surface area contributed by atoms with E-state index in [4.69, 9.17) is 20.1 Å². The lowest BCUT2D eigenvalue weighted by Crippen LogP contribution is -2.37. The molecule has 1 aliphatic heterocycles. The predicted octanol–water partition coefficient (Wildman–Crippen LogP) is 1.64. The fraction of sp³-hybridized carbons (Fsp3) is 0.600. The molecule has 2 unspecified atom stereocenters. The van der Waals surface area contributed by atoms with Gasteiger partial charge in [-0.3, -0.25) is 11.3 Å². The first-order valence-corrected chi connectivity index (χ1v) is 7.11. The normalized spacial score (nSPS) is 20.6. The van der Waals surface area contributed by atoms with Crippen LogP contribution in [0.5, 0.6) is 5.75 Å². The van der Waals surface area contributed by atoms with Crippen LogP contribution in [-0.2, 0) is 9.47 Å². The van der Waals surface area contributed by atoms with Gasteiger partial charge in [-0.05, 0) is 18.9 Å².